The fraction of sp³-hybridized carbons (Fsp3) is 0.231. The van der Waals surface area contributed by atoms with Crippen LogP contribution in [-0.4, -0.2) is 40.8 Å². The number of carbonyl (C=O) groups is 4. The highest BCUT2D eigenvalue weighted by molar-refractivity contribution is 6.07. The average Bonchev–Trinajstić information content (AvgIpc) is 3.05. The van der Waals surface area contributed by atoms with E-state index in [0.717, 1.165) is 21.9 Å². The number of rotatable bonds is 8. The molecule has 1 aliphatic rings. The fourth-order valence-corrected chi connectivity index (χ4v) is 4.02. The summed E-state index contributed by atoms with van der Waals surface area (Å²) < 4.78 is 0. The van der Waals surface area contributed by atoms with Gasteiger partial charge in [0.2, 0.25) is 5.91 Å². The standard InChI is InChI=1S/C26H26N4O4/c1-26(15-14-18-8-3-2-4-9-18)24(33)30(25(34)28-26)29-23(32)17-27-22(31)16-20-12-7-11-19-10-5-6-13-21(19)20/h2-13H,14-17H2,1H3,(H,27,31)(H,28,34)(H,29,32). The summed E-state index contributed by atoms with van der Waals surface area (Å²) in [7, 11) is 0. The van der Waals surface area contributed by atoms with Gasteiger partial charge in [-0.05, 0) is 41.7 Å². The van der Waals surface area contributed by atoms with Crippen molar-refractivity contribution >= 4 is 34.5 Å². The van der Waals surface area contributed by atoms with E-state index < -0.39 is 23.4 Å². The average molecular weight is 459 g/mol. The number of aryl methyl sites for hydroxylation is 1. The molecule has 174 valence electrons. The van der Waals surface area contributed by atoms with Crippen molar-refractivity contribution in [2.24, 2.45) is 0 Å². The topological polar surface area (TPSA) is 108 Å². The summed E-state index contributed by atoms with van der Waals surface area (Å²) in [5.74, 6) is -1.54. The highest BCUT2D eigenvalue weighted by Crippen LogP contribution is 2.22. The Bertz CT molecular complexity index is 1240. The van der Waals surface area contributed by atoms with Crippen molar-refractivity contribution in [1.29, 1.82) is 0 Å². The van der Waals surface area contributed by atoms with E-state index in [2.05, 4.69) is 16.1 Å². The van der Waals surface area contributed by atoms with Crippen LogP contribution < -0.4 is 16.1 Å². The molecule has 0 aliphatic carbocycles. The largest absolute Gasteiger partial charge is 0.347 e. The van der Waals surface area contributed by atoms with E-state index in [1.165, 1.54) is 0 Å². The van der Waals surface area contributed by atoms with E-state index in [4.69, 9.17) is 0 Å². The molecular formula is C26H26N4O4. The monoisotopic (exact) mass is 458 g/mol. The number of fused-ring (bicyclic) bond motifs is 1. The third-order valence-electron chi connectivity index (χ3n) is 5.93. The molecule has 5 amide bonds. The predicted octanol–water partition coefficient (Wildman–Crippen LogP) is 2.47. The molecule has 34 heavy (non-hydrogen) atoms. The molecule has 3 aromatic rings. The minimum atomic E-state index is -1.13. The minimum absolute atomic E-state index is 0.106. The third-order valence-corrected chi connectivity index (χ3v) is 5.93. The van der Waals surface area contributed by atoms with Crippen LogP contribution in [0.15, 0.2) is 72.8 Å². The third kappa shape index (κ3) is 5.06. The molecule has 8 heteroatoms. The molecule has 1 unspecified atom stereocenters. The number of urea groups is 1. The molecule has 3 aromatic carbocycles. The SMILES string of the molecule is CC1(CCc2ccccc2)NC(=O)N(NC(=O)CNC(=O)Cc2cccc3ccccc23)C1=O. The Morgan fingerprint density at radius 3 is 2.41 bits per heavy atom. The molecule has 0 saturated carbocycles. The summed E-state index contributed by atoms with van der Waals surface area (Å²) in [6.45, 7) is 1.27. The van der Waals surface area contributed by atoms with E-state index in [-0.39, 0.29) is 18.9 Å². The number of hydrazine groups is 1. The van der Waals surface area contributed by atoms with Crippen molar-refractivity contribution < 1.29 is 19.2 Å². The Kier molecular flexibility index (Phi) is 6.58. The van der Waals surface area contributed by atoms with Crippen molar-refractivity contribution in [1.82, 2.24) is 21.1 Å². The second-order valence-corrected chi connectivity index (χ2v) is 8.52. The van der Waals surface area contributed by atoms with Crippen LogP contribution in [0.25, 0.3) is 10.8 Å². The number of imide groups is 1. The van der Waals surface area contributed by atoms with Crippen molar-refractivity contribution in [3.63, 3.8) is 0 Å². The molecule has 3 N–H and O–H groups in total. The van der Waals surface area contributed by atoms with Crippen LogP contribution in [0.4, 0.5) is 4.79 Å². The first-order valence-corrected chi connectivity index (χ1v) is 11.1. The van der Waals surface area contributed by atoms with Gasteiger partial charge in [0.15, 0.2) is 0 Å². The summed E-state index contributed by atoms with van der Waals surface area (Å²) >= 11 is 0. The van der Waals surface area contributed by atoms with Gasteiger partial charge in [-0.25, -0.2) is 4.79 Å². The number of amides is 5. The van der Waals surface area contributed by atoms with E-state index in [1.807, 2.05) is 72.8 Å². The van der Waals surface area contributed by atoms with Gasteiger partial charge in [0.1, 0.15) is 5.54 Å². The van der Waals surface area contributed by atoms with E-state index in [0.29, 0.717) is 17.9 Å². The van der Waals surface area contributed by atoms with Gasteiger partial charge in [-0.2, -0.15) is 5.01 Å². The van der Waals surface area contributed by atoms with Gasteiger partial charge in [0, 0.05) is 0 Å². The molecule has 1 fully saturated rings. The fourth-order valence-electron chi connectivity index (χ4n) is 4.02. The summed E-state index contributed by atoms with van der Waals surface area (Å²) in [4.78, 5) is 49.9. The van der Waals surface area contributed by atoms with Crippen molar-refractivity contribution in [2.45, 2.75) is 31.7 Å². The van der Waals surface area contributed by atoms with Crippen LogP contribution in [0, 0.1) is 0 Å². The van der Waals surface area contributed by atoms with Gasteiger partial charge in [0.05, 0.1) is 13.0 Å². The number of benzene rings is 3. The van der Waals surface area contributed by atoms with Crippen LogP contribution in [-0.2, 0) is 27.2 Å². The van der Waals surface area contributed by atoms with Crippen LogP contribution >= 0.6 is 0 Å². The summed E-state index contributed by atoms with van der Waals surface area (Å²) in [6.07, 6.45) is 1.08. The first-order chi connectivity index (χ1) is 16.4. The second-order valence-electron chi connectivity index (χ2n) is 8.52. The maximum absolute atomic E-state index is 12.8. The van der Waals surface area contributed by atoms with Crippen LogP contribution in [0.5, 0.6) is 0 Å². The zero-order valence-corrected chi connectivity index (χ0v) is 18.8. The van der Waals surface area contributed by atoms with Gasteiger partial charge in [0.25, 0.3) is 11.8 Å². The molecule has 1 heterocycles. The lowest BCUT2D eigenvalue weighted by Gasteiger charge is -2.21. The molecule has 0 aromatic heterocycles. The normalized spacial score (nSPS) is 17.5. The number of nitrogens with one attached hydrogen (secondary N) is 3. The maximum Gasteiger partial charge on any atom is 0.344 e. The first kappa shape index (κ1) is 23.0. The van der Waals surface area contributed by atoms with Gasteiger partial charge in [-0.1, -0.05) is 72.8 Å². The van der Waals surface area contributed by atoms with Gasteiger partial charge in [-0.15, -0.1) is 0 Å². The molecule has 1 atom stereocenters. The number of nitrogens with zero attached hydrogens (tertiary/aromatic N) is 1. The molecule has 8 nitrogen and oxygen atoms in total. The smallest absolute Gasteiger partial charge is 0.344 e. The zero-order valence-electron chi connectivity index (χ0n) is 18.8. The molecule has 0 radical (unpaired) electrons. The van der Waals surface area contributed by atoms with Crippen molar-refractivity contribution in [3.8, 4) is 0 Å². The summed E-state index contributed by atoms with van der Waals surface area (Å²) in [5.41, 5.74) is 3.06. The van der Waals surface area contributed by atoms with Crippen LogP contribution in [0.1, 0.15) is 24.5 Å². The summed E-state index contributed by atoms with van der Waals surface area (Å²) in [5, 5.41) is 7.88. The van der Waals surface area contributed by atoms with Crippen molar-refractivity contribution in [2.75, 3.05) is 6.54 Å². The number of hydrogen-bond acceptors (Lipinski definition) is 4. The van der Waals surface area contributed by atoms with Gasteiger partial charge < -0.3 is 10.6 Å². The summed E-state index contributed by atoms with van der Waals surface area (Å²) in [6, 6.07) is 22.4. The highest BCUT2D eigenvalue weighted by Gasteiger charge is 2.48. The first-order valence-electron chi connectivity index (χ1n) is 11.1. The quantitative estimate of drug-likeness (QED) is 0.451. The lowest BCUT2D eigenvalue weighted by atomic mass is 9.93. The number of hydrogen-bond donors (Lipinski definition) is 3. The van der Waals surface area contributed by atoms with Gasteiger partial charge in [-0.3, -0.25) is 19.8 Å². The maximum atomic E-state index is 12.8. The van der Waals surface area contributed by atoms with E-state index in [1.54, 1.807) is 6.92 Å². The second kappa shape index (κ2) is 9.74. The predicted molar refractivity (Wildman–Crippen MR) is 127 cm³/mol. The van der Waals surface area contributed by atoms with E-state index >= 15 is 0 Å². The highest BCUT2D eigenvalue weighted by atomic mass is 16.2. The Morgan fingerprint density at radius 1 is 0.912 bits per heavy atom. The Morgan fingerprint density at radius 2 is 1.62 bits per heavy atom. The number of carbonyl (C=O) groups excluding carboxylic acids is 4. The lowest BCUT2D eigenvalue weighted by Crippen LogP contribution is -2.51. The molecule has 0 spiro atoms. The molecule has 0 bridgehead atoms. The minimum Gasteiger partial charge on any atom is -0.347 e. The molecule has 4 rings (SSSR count). The van der Waals surface area contributed by atoms with Crippen LogP contribution in [0.3, 0.4) is 0 Å². The molecule has 1 saturated heterocycles. The van der Waals surface area contributed by atoms with Crippen molar-refractivity contribution in [3.05, 3.63) is 83.9 Å². The molecular weight excluding hydrogens is 432 g/mol. The lowest BCUT2D eigenvalue weighted by molar-refractivity contribution is -0.138. The van der Waals surface area contributed by atoms with Gasteiger partial charge >= 0.3 is 6.03 Å². The zero-order chi connectivity index (χ0) is 24.1. The Labute approximate surface area is 197 Å². The molecule has 1 aliphatic heterocycles. The van der Waals surface area contributed by atoms with Crippen LogP contribution in [0.2, 0.25) is 0 Å². The Hall–Kier alpha value is -4.20. The van der Waals surface area contributed by atoms with E-state index in [9.17, 15) is 19.2 Å². The Balaban J connectivity index is 1.29.